The Labute approximate surface area is 100 Å². The van der Waals surface area contributed by atoms with E-state index in [1.54, 1.807) is 13.0 Å². The molecule has 1 aromatic rings. The molecule has 0 saturated carbocycles. The lowest BCUT2D eigenvalue weighted by Gasteiger charge is -2.34. The van der Waals surface area contributed by atoms with E-state index in [0.717, 1.165) is 32.0 Å². The Bertz CT molecular complexity index is 458. The fraction of sp³-hybridized carbons (Fsp3) is 0.417. The van der Waals surface area contributed by atoms with Crippen LogP contribution in [0.1, 0.15) is 12.6 Å². The van der Waals surface area contributed by atoms with Crippen molar-refractivity contribution in [2.75, 3.05) is 31.1 Å². The molecule has 88 valence electrons. The molecule has 1 fully saturated rings. The molecular formula is C12H14N4O. The number of carbonyl (C=O) groups is 1. The first-order valence-electron chi connectivity index (χ1n) is 5.50. The molecule has 0 bridgehead atoms. The standard InChI is InChI=1S/C12H14N4O/c1-3-11-8-12(14-9-13-11)16-6-4-15(5-7-16)10(2)17/h1,8-9H,4-7H2,2H3. The Morgan fingerprint density at radius 3 is 2.65 bits per heavy atom. The minimum Gasteiger partial charge on any atom is -0.353 e. The van der Waals surface area contributed by atoms with Gasteiger partial charge in [-0.25, -0.2) is 9.97 Å². The Hall–Kier alpha value is -2.09. The Balaban J connectivity index is 2.05. The molecule has 0 N–H and O–H groups in total. The molecule has 1 aliphatic heterocycles. The van der Waals surface area contributed by atoms with Gasteiger partial charge in [0.05, 0.1) is 0 Å². The molecule has 2 rings (SSSR count). The Morgan fingerprint density at radius 1 is 1.35 bits per heavy atom. The van der Waals surface area contributed by atoms with E-state index in [2.05, 4.69) is 20.8 Å². The van der Waals surface area contributed by atoms with Gasteiger partial charge in [-0.3, -0.25) is 4.79 Å². The molecule has 1 aromatic heterocycles. The zero-order chi connectivity index (χ0) is 12.3. The number of aromatic nitrogens is 2. The van der Waals surface area contributed by atoms with Crippen LogP contribution in [0.2, 0.25) is 0 Å². The summed E-state index contributed by atoms with van der Waals surface area (Å²) < 4.78 is 0. The number of hydrogen-bond donors (Lipinski definition) is 0. The minimum atomic E-state index is 0.122. The van der Waals surface area contributed by atoms with E-state index in [0.29, 0.717) is 5.69 Å². The summed E-state index contributed by atoms with van der Waals surface area (Å²) in [5.74, 6) is 3.44. The van der Waals surface area contributed by atoms with Crippen molar-refractivity contribution < 1.29 is 4.79 Å². The highest BCUT2D eigenvalue weighted by Gasteiger charge is 2.19. The predicted octanol–water partition coefficient (Wildman–Crippen LogP) is 0.126. The average Bonchev–Trinajstić information content (AvgIpc) is 2.39. The van der Waals surface area contributed by atoms with Crippen molar-refractivity contribution in [3.05, 3.63) is 18.1 Å². The molecule has 1 amide bonds. The zero-order valence-electron chi connectivity index (χ0n) is 9.76. The molecule has 0 atom stereocenters. The summed E-state index contributed by atoms with van der Waals surface area (Å²) in [5, 5.41) is 0. The van der Waals surface area contributed by atoms with Gasteiger partial charge in [0.1, 0.15) is 17.8 Å². The lowest BCUT2D eigenvalue weighted by atomic mass is 10.3. The monoisotopic (exact) mass is 230 g/mol. The van der Waals surface area contributed by atoms with Crippen LogP contribution < -0.4 is 4.90 Å². The number of nitrogens with zero attached hydrogens (tertiary/aromatic N) is 4. The van der Waals surface area contributed by atoms with Crippen LogP contribution in [-0.4, -0.2) is 47.0 Å². The van der Waals surface area contributed by atoms with Gasteiger partial charge in [0.15, 0.2) is 0 Å². The van der Waals surface area contributed by atoms with Crippen molar-refractivity contribution in [2.45, 2.75) is 6.92 Å². The van der Waals surface area contributed by atoms with E-state index >= 15 is 0 Å². The fourth-order valence-corrected chi connectivity index (χ4v) is 1.85. The zero-order valence-corrected chi connectivity index (χ0v) is 9.76. The smallest absolute Gasteiger partial charge is 0.219 e. The summed E-state index contributed by atoms with van der Waals surface area (Å²) in [5.41, 5.74) is 0.587. The highest BCUT2D eigenvalue weighted by Crippen LogP contribution is 2.13. The van der Waals surface area contributed by atoms with E-state index in [9.17, 15) is 4.79 Å². The van der Waals surface area contributed by atoms with Crippen LogP contribution >= 0.6 is 0 Å². The second kappa shape index (κ2) is 4.83. The van der Waals surface area contributed by atoms with Crippen molar-refractivity contribution in [1.29, 1.82) is 0 Å². The predicted molar refractivity (Wildman–Crippen MR) is 64.4 cm³/mol. The molecular weight excluding hydrogens is 216 g/mol. The van der Waals surface area contributed by atoms with Gasteiger partial charge in [-0.05, 0) is 0 Å². The highest BCUT2D eigenvalue weighted by atomic mass is 16.2. The lowest BCUT2D eigenvalue weighted by molar-refractivity contribution is -0.129. The first-order chi connectivity index (χ1) is 8.20. The van der Waals surface area contributed by atoms with Crippen LogP contribution in [0.15, 0.2) is 12.4 Å². The summed E-state index contributed by atoms with van der Waals surface area (Å²) in [7, 11) is 0. The quantitative estimate of drug-likeness (QED) is 0.643. The molecule has 0 aliphatic carbocycles. The number of rotatable bonds is 1. The molecule has 5 heteroatoms. The Kier molecular flexibility index (Phi) is 3.24. The van der Waals surface area contributed by atoms with Gasteiger partial charge in [0, 0.05) is 39.2 Å². The van der Waals surface area contributed by atoms with Crippen LogP contribution in [0, 0.1) is 12.3 Å². The first kappa shape index (κ1) is 11.4. The van der Waals surface area contributed by atoms with Gasteiger partial charge in [-0.1, -0.05) is 5.92 Å². The van der Waals surface area contributed by atoms with Crippen molar-refractivity contribution >= 4 is 11.7 Å². The SMILES string of the molecule is C#Cc1cc(N2CCN(C(C)=O)CC2)ncn1. The molecule has 5 nitrogen and oxygen atoms in total. The van der Waals surface area contributed by atoms with Gasteiger partial charge in [0.2, 0.25) is 5.91 Å². The topological polar surface area (TPSA) is 49.3 Å². The number of anilines is 1. The molecule has 0 aromatic carbocycles. The highest BCUT2D eigenvalue weighted by molar-refractivity contribution is 5.73. The van der Waals surface area contributed by atoms with Crippen molar-refractivity contribution in [1.82, 2.24) is 14.9 Å². The van der Waals surface area contributed by atoms with Crippen molar-refractivity contribution in [3.63, 3.8) is 0 Å². The molecule has 1 saturated heterocycles. The first-order valence-corrected chi connectivity index (χ1v) is 5.50. The third kappa shape index (κ3) is 2.53. The van der Waals surface area contributed by atoms with E-state index < -0.39 is 0 Å². The molecule has 17 heavy (non-hydrogen) atoms. The molecule has 0 spiro atoms. The number of terminal acetylenes is 1. The number of carbonyl (C=O) groups excluding carboxylic acids is 1. The summed E-state index contributed by atoms with van der Waals surface area (Å²) in [6, 6.07) is 1.80. The second-order valence-electron chi connectivity index (χ2n) is 3.90. The van der Waals surface area contributed by atoms with Crippen LogP contribution in [0.25, 0.3) is 0 Å². The third-order valence-electron chi connectivity index (χ3n) is 2.85. The van der Waals surface area contributed by atoms with Crippen LogP contribution in [0.3, 0.4) is 0 Å². The van der Waals surface area contributed by atoms with Gasteiger partial charge in [0.25, 0.3) is 0 Å². The number of hydrogen-bond acceptors (Lipinski definition) is 4. The van der Waals surface area contributed by atoms with E-state index in [1.807, 2.05) is 4.90 Å². The maximum Gasteiger partial charge on any atom is 0.219 e. The van der Waals surface area contributed by atoms with Gasteiger partial charge < -0.3 is 9.80 Å². The molecule has 1 aliphatic rings. The molecule has 0 radical (unpaired) electrons. The van der Waals surface area contributed by atoms with Gasteiger partial charge in [-0.15, -0.1) is 6.42 Å². The summed E-state index contributed by atoms with van der Waals surface area (Å²) in [4.78, 5) is 23.3. The largest absolute Gasteiger partial charge is 0.353 e. The van der Waals surface area contributed by atoms with Crippen LogP contribution in [0.4, 0.5) is 5.82 Å². The van der Waals surface area contributed by atoms with E-state index in [4.69, 9.17) is 6.42 Å². The second-order valence-corrected chi connectivity index (χ2v) is 3.90. The third-order valence-corrected chi connectivity index (χ3v) is 2.85. The van der Waals surface area contributed by atoms with E-state index in [-0.39, 0.29) is 5.91 Å². The summed E-state index contributed by atoms with van der Waals surface area (Å²) in [6.07, 6.45) is 6.77. The molecule has 0 unspecified atom stereocenters. The van der Waals surface area contributed by atoms with Crippen molar-refractivity contribution in [3.8, 4) is 12.3 Å². The fourth-order valence-electron chi connectivity index (χ4n) is 1.85. The number of piperazine rings is 1. The maximum atomic E-state index is 11.2. The van der Waals surface area contributed by atoms with Crippen molar-refractivity contribution in [2.24, 2.45) is 0 Å². The van der Waals surface area contributed by atoms with Crippen LogP contribution in [0.5, 0.6) is 0 Å². The van der Waals surface area contributed by atoms with Gasteiger partial charge in [-0.2, -0.15) is 0 Å². The lowest BCUT2D eigenvalue weighted by Crippen LogP contribution is -2.48. The normalized spacial score (nSPS) is 15.5. The van der Waals surface area contributed by atoms with Crippen LogP contribution in [-0.2, 0) is 4.79 Å². The average molecular weight is 230 g/mol. The van der Waals surface area contributed by atoms with Gasteiger partial charge >= 0.3 is 0 Å². The van der Waals surface area contributed by atoms with E-state index in [1.165, 1.54) is 6.33 Å². The molecule has 2 heterocycles. The Morgan fingerprint density at radius 2 is 2.06 bits per heavy atom. The number of amides is 1. The minimum absolute atomic E-state index is 0.122. The maximum absolute atomic E-state index is 11.2. The summed E-state index contributed by atoms with van der Waals surface area (Å²) >= 11 is 0. The summed E-state index contributed by atoms with van der Waals surface area (Å²) in [6.45, 7) is 4.60.